The Bertz CT molecular complexity index is 597. The molecule has 0 radical (unpaired) electrons. The third-order valence-electron chi connectivity index (χ3n) is 3.64. The quantitative estimate of drug-likeness (QED) is 0.836. The standard InChI is InChI=1S/C17H23N3OS/c1-4-13(2)20-16(10-11-18-20)19-17(21)14(3)22-12-15-8-6-5-7-9-15/h5-11,13-14H,4,12H2,1-3H3,(H,19,21). The molecule has 0 saturated carbocycles. The average molecular weight is 317 g/mol. The van der Waals surface area contributed by atoms with Gasteiger partial charge >= 0.3 is 0 Å². The number of thioether (sulfide) groups is 1. The van der Waals surface area contributed by atoms with Gasteiger partial charge in [-0.3, -0.25) is 4.79 Å². The minimum atomic E-state index is -0.111. The molecule has 0 spiro atoms. The van der Waals surface area contributed by atoms with Gasteiger partial charge in [-0.2, -0.15) is 5.10 Å². The van der Waals surface area contributed by atoms with Gasteiger partial charge in [0.1, 0.15) is 5.82 Å². The summed E-state index contributed by atoms with van der Waals surface area (Å²) in [5.41, 5.74) is 1.23. The topological polar surface area (TPSA) is 46.9 Å². The van der Waals surface area contributed by atoms with Gasteiger partial charge in [-0.25, -0.2) is 4.68 Å². The summed E-state index contributed by atoms with van der Waals surface area (Å²) in [6.45, 7) is 6.14. The van der Waals surface area contributed by atoms with Gasteiger partial charge in [0.05, 0.1) is 17.5 Å². The van der Waals surface area contributed by atoms with Crippen LogP contribution in [0.25, 0.3) is 0 Å². The summed E-state index contributed by atoms with van der Waals surface area (Å²) in [5, 5.41) is 7.16. The number of nitrogens with zero attached hydrogens (tertiary/aromatic N) is 2. The van der Waals surface area contributed by atoms with E-state index in [9.17, 15) is 4.79 Å². The number of benzene rings is 1. The second kappa shape index (κ2) is 8.03. The highest BCUT2D eigenvalue weighted by Gasteiger charge is 2.16. The number of aromatic nitrogens is 2. The number of nitrogens with one attached hydrogen (secondary N) is 1. The molecule has 4 nitrogen and oxygen atoms in total. The van der Waals surface area contributed by atoms with Crippen molar-refractivity contribution in [2.24, 2.45) is 0 Å². The molecule has 1 N–H and O–H groups in total. The van der Waals surface area contributed by atoms with E-state index in [1.54, 1.807) is 18.0 Å². The first kappa shape index (κ1) is 16.6. The Morgan fingerprint density at radius 2 is 2.00 bits per heavy atom. The molecule has 0 aliphatic rings. The lowest BCUT2D eigenvalue weighted by Crippen LogP contribution is -2.25. The Kier molecular flexibility index (Phi) is 6.07. The number of carbonyl (C=O) groups is 1. The van der Waals surface area contributed by atoms with E-state index < -0.39 is 0 Å². The zero-order chi connectivity index (χ0) is 15.9. The van der Waals surface area contributed by atoms with Gasteiger partial charge in [0.15, 0.2) is 0 Å². The SMILES string of the molecule is CCC(C)n1nccc1NC(=O)C(C)SCc1ccccc1. The Hall–Kier alpha value is -1.75. The summed E-state index contributed by atoms with van der Waals surface area (Å²) in [5.74, 6) is 1.62. The smallest absolute Gasteiger partial charge is 0.238 e. The predicted octanol–water partition coefficient (Wildman–Crippen LogP) is 4.11. The highest BCUT2D eigenvalue weighted by atomic mass is 32.2. The van der Waals surface area contributed by atoms with Crippen molar-refractivity contribution in [3.8, 4) is 0 Å². The van der Waals surface area contributed by atoms with Crippen LogP contribution in [0.4, 0.5) is 5.82 Å². The van der Waals surface area contributed by atoms with Crippen LogP contribution < -0.4 is 5.32 Å². The van der Waals surface area contributed by atoms with Crippen molar-refractivity contribution in [3.05, 3.63) is 48.2 Å². The van der Waals surface area contributed by atoms with Gasteiger partial charge in [-0.05, 0) is 25.8 Å². The second-order valence-electron chi connectivity index (χ2n) is 5.35. The van der Waals surface area contributed by atoms with E-state index in [-0.39, 0.29) is 17.2 Å². The molecule has 0 saturated heterocycles. The highest BCUT2D eigenvalue weighted by molar-refractivity contribution is 7.99. The maximum Gasteiger partial charge on any atom is 0.238 e. The van der Waals surface area contributed by atoms with Crippen LogP contribution in [0.15, 0.2) is 42.6 Å². The average Bonchev–Trinajstić information content (AvgIpc) is 3.00. The monoisotopic (exact) mass is 317 g/mol. The van der Waals surface area contributed by atoms with E-state index in [4.69, 9.17) is 0 Å². The van der Waals surface area contributed by atoms with Crippen LogP contribution in [-0.4, -0.2) is 20.9 Å². The number of anilines is 1. The van der Waals surface area contributed by atoms with Crippen LogP contribution in [0, 0.1) is 0 Å². The molecule has 1 heterocycles. The molecule has 1 aromatic heterocycles. The maximum atomic E-state index is 12.3. The minimum Gasteiger partial charge on any atom is -0.310 e. The van der Waals surface area contributed by atoms with Crippen molar-refractivity contribution in [1.82, 2.24) is 9.78 Å². The van der Waals surface area contributed by atoms with Crippen LogP contribution in [0.1, 0.15) is 38.8 Å². The van der Waals surface area contributed by atoms with Crippen molar-refractivity contribution in [2.75, 3.05) is 5.32 Å². The first-order valence-corrected chi connectivity index (χ1v) is 8.66. The number of amides is 1. The number of carbonyl (C=O) groups excluding carboxylic acids is 1. The van der Waals surface area contributed by atoms with Crippen molar-refractivity contribution >= 4 is 23.5 Å². The fraction of sp³-hybridized carbons (Fsp3) is 0.412. The lowest BCUT2D eigenvalue weighted by atomic mass is 10.2. The summed E-state index contributed by atoms with van der Waals surface area (Å²) in [7, 11) is 0. The van der Waals surface area contributed by atoms with Gasteiger partial charge in [-0.15, -0.1) is 11.8 Å². The molecule has 0 fully saturated rings. The predicted molar refractivity (Wildman–Crippen MR) is 93.1 cm³/mol. The van der Waals surface area contributed by atoms with Crippen LogP contribution in [0.2, 0.25) is 0 Å². The van der Waals surface area contributed by atoms with Crippen LogP contribution in [0.5, 0.6) is 0 Å². The molecule has 1 amide bonds. The van der Waals surface area contributed by atoms with Gasteiger partial charge in [0.25, 0.3) is 0 Å². The molecule has 5 heteroatoms. The third kappa shape index (κ3) is 4.37. The van der Waals surface area contributed by atoms with Crippen molar-refractivity contribution in [2.45, 2.75) is 44.2 Å². The lowest BCUT2D eigenvalue weighted by molar-refractivity contribution is -0.115. The molecule has 2 rings (SSSR count). The van der Waals surface area contributed by atoms with Gasteiger partial charge < -0.3 is 5.32 Å². The Morgan fingerprint density at radius 3 is 2.68 bits per heavy atom. The van der Waals surface area contributed by atoms with Crippen molar-refractivity contribution < 1.29 is 4.79 Å². The molecule has 118 valence electrons. The van der Waals surface area contributed by atoms with E-state index in [2.05, 4.69) is 36.4 Å². The zero-order valence-electron chi connectivity index (χ0n) is 13.3. The molecule has 0 aliphatic heterocycles. The first-order valence-electron chi connectivity index (χ1n) is 7.61. The number of hydrogen-bond donors (Lipinski definition) is 1. The van der Waals surface area contributed by atoms with Crippen molar-refractivity contribution in [3.63, 3.8) is 0 Å². The van der Waals surface area contributed by atoms with Crippen LogP contribution in [0.3, 0.4) is 0 Å². The molecule has 22 heavy (non-hydrogen) atoms. The highest BCUT2D eigenvalue weighted by Crippen LogP contribution is 2.21. The second-order valence-corrected chi connectivity index (χ2v) is 6.68. The molecule has 2 unspecified atom stereocenters. The van der Waals surface area contributed by atoms with Crippen LogP contribution >= 0.6 is 11.8 Å². The van der Waals surface area contributed by atoms with E-state index in [0.29, 0.717) is 0 Å². The van der Waals surface area contributed by atoms with E-state index in [1.165, 1.54) is 5.56 Å². The largest absolute Gasteiger partial charge is 0.310 e. The summed E-state index contributed by atoms with van der Waals surface area (Å²) in [6, 6.07) is 12.3. The van der Waals surface area contributed by atoms with Gasteiger partial charge in [-0.1, -0.05) is 37.3 Å². The molecular weight excluding hydrogens is 294 g/mol. The summed E-state index contributed by atoms with van der Waals surface area (Å²) in [6.07, 6.45) is 2.70. The van der Waals surface area contributed by atoms with E-state index >= 15 is 0 Å². The third-order valence-corrected chi connectivity index (χ3v) is 4.86. The van der Waals surface area contributed by atoms with Gasteiger partial charge in [0, 0.05) is 11.8 Å². The molecular formula is C17H23N3OS. The van der Waals surface area contributed by atoms with Gasteiger partial charge in [0.2, 0.25) is 5.91 Å². The van der Waals surface area contributed by atoms with Crippen molar-refractivity contribution in [1.29, 1.82) is 0 Å². The molecule has 0 bridgehead atoms. The fourth-order valence-corrected chi connectivity index (χ4v) is 2.88. The Balaban J connectivity index is 1.90. The maximum absolute atomic E-state index is 12.3. The van der Waals surface area contributed by atoms with Crippen LogP contribution in [-0.2, 0) is 10.5 Å². The fourth-order valence-electron chi connectivity index (χ4n) is 2.04. The Morgan fingerprint density at radius 1 is 1.27 bits per heavy atom. The lowest BCUT2D eigenvalue weighted by Gasteiger charge is -2.16. The molecule has 2 aromatic rings. The molecule has 1 aromatic carbocycles. The number of rotatable bonds is 7. The molecule has 0 aliphatic carbocycles. The zero-order valence-corrected chi connectivity index (χ0v) is 14.1. The first-order chi connectivity index (χ1) is 10.6. The minimum absolute atomic E-state index is 0.0194. The Labute approximate surface area is 136 Å². The van der Waals surface area contributed by atoms with E-state index in [1.807, 2.05) is 35.9 Å². The summed E-state index contributed by atoms with van der Waals surface area (Å²) >= 11 is 1.64. The normalized spacial score (nSPS) is 13.6. The summed E-state index contributed by atoms with van der Waals surface area (Å²) < 4.78 is 1.87. The summed E-state index contributed by atoms with van der Waals surface area (Å²) in [4.78, 5) is 12.3. The number of hydrogen-bond acceptors (Lipinski definition) is 3. The molecule has 2 atom stereocenters. The van der Waals surface area contributed by atoms with E-state index in [0.717, 1.165) is 18.0 Å².